The Balaban J connectivity index is 1.78. The van der Waals surface area contributed by atoms with Gasteiger partial charge in [-0.15, -0.1) is 10.2 Å². The Labute approximate surface area is 144 Å². The summed E-state index contributed by atoms with van der Waals surface area (Å²) in [5, 5.41) is 17.8. The molecule has 0 atom stereocenters. The molecule has 2 aromatic rings. The van der Waals surface area contributed by atoms with Gasteiger partial charge in [0.1, 0.15) is 5.82 Å². The molecule has 0 bridgehead atoms. The van der Waals surface area contributed by atoms with Crippen molar-refractivity contribution in [3.8, 4) is 11.5 Å². The highest BCUT2D eigenvalue weighted by atomic mass is 32.2. The molecule has 0 aliphatic carbocycles. The zero-order valence-corrected chi connectivity index (χ0v) is 14.2. The van der Waals surface area contributed by atoms with E-state index in [4.69, 9.17) is 14.6 Å². The van der Waals surface area contributed by atoms with Crippen LogP contribution in [0.2, 0.25) is 0 Å². The molecule has 2 heterocycles. The van der Waals surface area contributed by atoms with E-state index >= 15 is 0 Å². The van der Waals surface area contributed by atoms with E-state index in [-0.39, 0.29) is 5.75 Å². The Kier molecular flexibility index (Phi) is 5.24. The van der Waals surface area contributed by atoms with E-state index in [1.165, 1.54) is 11.8 Å². The molecule has 1 aliphatic rings. The molecular formula is C16H19N3O4S. The number of carboxylic acid groups (broad SMARTS) is 1. The van der Waals surface area contributed by atoms with Crippen LogP contribution in [-0.2, 0) is 17.8 Å². The van der Waals surface area contributed by atoms with E-state index in [1.807, 2.05) is 29.7 Å². The lowest BCUT2D eigenvalue weighted by Crippen LogP contribution is -2.06. The molecule has 3 rings (SSSR count). The lowest BCUT2D eigenvalue weighted by atomic mass is 10.1. The fourth-order valence-corrected chi connectivity index (χ4v) is 3.24. The van der Waals surface area contributed by atoms with Crippen molar-refractivity contribution in [3.05, 3.63) is 29.6 Å². The number of hydrogen-bond acceptors (Lipinski definition) is 6. The fraction of sp³-hybridized carbons (Fsp3) is 0.438. The van der Waals surface area contributed by atoms with Crippen molar-refractivity contribution in [2.75, 3.05) is 19.0 Å². The standard InChI is InChI=1S/C16H19N3O4S/c1-2-19-14(17-18-16(19)24-10-15(20)21)9-11-4-5-12-13(8-11)23-7-3-6-22-12/h4-5,8H,2-3,6-7,9-10H2,1H3,(H,20,21). The number of carbonyl (C=O) groups is 1. The average Bonchev–Trinajstić information content (AvgIpc) is 2.79. The van der Waals surface area contributed by atoms with Crippen molar-refractivity contribution < 1.29 is 19.4 Å². The topological polar surface area (TPSA) is 86.5 Å². The number of hydrogen-bond donors (Lipinski definition) is 1. The number of carboxylic acids is 1. The molecule has 0 radical (unpaired) electrons. The largest absolute Gasteiger partial charge is 0.490 e. The lowest BCUT2D eigenvalue weighted by molar-refractivity contribution is -0.133. The van der Waals surface area contributed by atoms with Crippen LogP contribution >= 0.6 is 11.8 Å². The van der Waals surface area contributed by atoms with Crippen LogP contribution < -0.4 is 9.47 Å². The Morgan fingerprint density at radius 2 is 2.08 bits per heavy atom. The van der Waals surface area contributed by atoms with Crippen molar-refractivity contribution in [2.45, 2.75) is 31.5 Å². The Bertz CT molecular complexity index is 732. The monoisotopic (exact) mass is 349 g/mol. The Morgan fingerprint density at radius 3 is 2.83 bits per heavy atom. The quantitative estimate of drug-likeness (QED) is 0.800. The third-order valence-electron chi connectivity index (χ3n) is 3.61. The third-order valence-corrected chi connectivity index (χ3v) is 4.56. The summed E-state index contributed by atoms with van der Waals surface area (Å²) in [7, 11) is 0. The van der Waals surface area contributed by atoms with Gasteiger partial charge in [-0.05, 0) is 24.6 Å². The van der Waals surface area contributed by atoms with Crippen molar-refractivity contribution in [1.29, 1.82) is 0 Å². The first-order chi connectivity index (χ1) is 11.7. The minimum atomic E-state index is -0.866. The van der Waals surface area contributed by atoms with Crippen LogP contribution in [0.4, 0.5) is 0 Å². The van der Waals surface area contributed by atoms with E-state index in [0.29, 0.717) is 31.3 Å². The smallest absolute Gasteiger partial charge is 0.313 e. The van der Waals surface area contributed by atoms with Crippen molar-refractivity contribution in [3.63, 3.8) is 0 Å². The van der Waals surface area contributed by atoms with E-state index in [1.54, 1.807) is 0 Å². The van der Waals surface area contributed by atoms with Gasteiger partial charge in [-0.1, -0.05) is 17.8 Å². The Hall–Kier alpha value is -2.22. The number of aliphatic carboxylic acids is 1. The summed E-state index contributed by atoms with van der Waals surface area (Å²) in [5.41, 5.74) is 1.05. The van der Waals surface area contributed by atoms with Gasteiger partial charge in [0, 0.05) is 19.4 Å². The van der Waals surface area contributed by atoms with Gasteiger partial charge in [-0.2, -0.15) is 0 Å². The van der Waals surface area contributed by atoms with Crippen LogP contribution in [0.15, 0.2) is 23.4 Å². The maximum Gasteiger partial charge on any atom is 0.313 e. The number of rotatable bonds is 6. The second-order valence-electron chi connectivity index (χ2n) is 5.33. The minimum Gasteiger partial charge on any atom is -0.490 e. The molecule has 8 heteroatoms. The molecule has 24 heavy (non-hydrogen) atoms. The van der Waals surface area contributed by atoms with Crippen LogP contribution in [0.1, 0.15) is 24.7 Å². The highest BCUT2D eigenvalue weighted by molar-refractivity contribution is 7.99. The number of fused-ring (bicyclic) bond motifs is 1. The highest BCUT2D eigenvalue weighted by Crippen LogP contribution is 2.31. The minimum absolute atomic E-state index is 0.0256. The summed E-state index contributed by atoms with van der Waals surface area (Å²) in [5.74, 6) is 1.44. The zero-order chi connectivity index (χ0) is 16.9. The van der Waals surface area contributed by atoms with Crippen LogP contribution in [0.5, 0.6) is 11.5 Å². The van der Waals surface area contributed by atoms with Gasteiger partial charge in [0.25, 0.3) is 0 Å². The molecule has 1 aromatic carbocycles. The summed E-state index contributed by atoms with van der Waals surface area (Å²) in [6, 6.07) is 5.88. The number of thioether (sulfide) groups is 1. The van der Waals surface area contributed by atoms with Crippen molar-refractivity contribution in [1.82, 2.24) is 14.8 Å². The maximum absolute atomic E-state index is 10.7. The summed E-state index contributed by atoms with van der Waals surface area (Å²) in [4.78, 5) is 10.7. The normalized spacial score (nSPS) is 13.5. The fourth-order valence-electron chi connectivity index (χ4n) is 2.50. The molecule has 128 valence electrons. The molecule has 0 unspecified atom stereocenters. The van der Waals surface area contributed by atoms with Crippen LogP contribution in [-0.4, -0.2) is 44.8 Å². The molecule has 7 nitrogen and oxygen atoms in total. The van der Waals surface area contributed by atoms with E-state index in [0.717, 1.165) is 29.3 Å². The second-order valence-corrected chi connectivity index (χ2v) is 6.28. The number of benzene rings is 1. The predicted octanol–water partition coefficient (Wildman–Crippen LogP) is 2.23. The first-order valence-electron chi connectivity index (χ1n) is 7.82. The molecular weight excluding hydrogens is 330 g/mol. The molecule has 1 aromatic heterocycles. The van der Waals surface area contributed by atoms with Gasteiger partial charge in [-0.25, -0.2) is 0 Å². The molecule has 0 saturated heterocycles. The third kappa shape index (κ3) is 3.81. The highest BCUT2D eigenvalue weighted by Gasteiger charge is 2.15. The van der Waals surface area contributed by atoms with Crippen LogP contribution in [0.25, 0.3) is 0 Å². The maximum atomic E-state index is 10.7. The summed E-state index contributed by atoms with van der Waals surface area (Å²) < 4.78 is 13.3. The number of nitrogens with zero attached hydrogens (tertiary/aromatic N) is 3. The van der Waals surface area contributed by atoms with E-state index in [9.17, 15) is 4.79 Å². The molecule has 0 fully saturated rings. The molecule has 1 aliphatic heterocycles. The summed E-state index contributed by atoms with van der Waals surface area (Å²) in [6.07, 6.45) is 1.48. The number of ether oxygens (including phenoxy) is 2. The van der Waals surface area contributed by atoms with Crippen molar-refractivity contribution >= 4 is 17.7 Å². The summed E-state index contributed by atoms with van der Waals surface area (Å²) >= 11 is 1.18. The molecule has 1 N–H and O–H groups in total. The van der Waals surface area contributed by atoms with E-state index in [2.05, 4.69) is 10.2 Å². The first kappa shape index (κ1) is 16.6. The Morgan fingerprint density at radius 1 is 1.29 bits per heavy atom. The van der Waals surface area contributed by atoms with Gasteiger partial charge < -0.3 is 19.1 Å². The van der Waals surface area contributed by atoms with Crippen LogP contribution in [0, 0.1) is 0 Å². The SMILES string of the molecule is CCn1c(Cc2ccc3c(c2)OCCCO3)nnc1SCC(=O)O. The second kappa shape index (κ2) is 7.57. The zero-order valence-electron chi connectivity index (χ0n) is 13.4. The van der Waals surface area contributed by atoms with Gasteiger partial charge in [0.15, 0.2) is 16.7 Å². The van der Waals surface area contributed by atoms with E-state index < -0.39 is 5.97 Å². The lowest BCUT2D eigenvalue weighted by Gasteiger charge is -2.10. The molecule has 0 amide bonds. The van der Waals surface area contributed by atoms with Gasteiger partial charge in [0.05, 0.1) is 19.0 Å². The van der Waals surface area contributed by atoms with Gasteiger partial charge in [-0.3, -0.25) is 4.79 Å². The van der Waals surface area contributed by atoms with Gasteiger partial charge >= 0.3 is 5.97 Å². The predicted molar refractivity (Wildman–Crippen MR) is 88.9 cm³/mol. The van der Waals surface area contributed by atoms with Crippen molar-refractivity contribution in [2.24, 2.45) is 0 Å². The van der Waals surface area contributed by atoms with Crippen LogP contribution in [0.3, 0.4) is 0 Å². The number of aromatic nitrogens is 3. The van der Waals surface area contributed by atoms with Gasteiger partial charge in [0.2, 0.25) is 0 Å². The molecule has 0 spiro atoms. The average molecular weight is 349 g/mol. The first-order valence-corrected chi connectivity index (χ1v) is 8.81. The molecule has 0 saturated carbocycles. The summed E-state index contributed by atoms with van der Waals surface area (Å²) in [6.45, 7) is 4.00.